The van der Waals surface area contributed by atoms with E-state index in [4.69, 9.17) is 9.47 Å². The summed E-state index contributed by atoms with van der Waals surface area (Å²) in [5, 5.41) is 6.74. The van der Waals surface area contributed by atoms with Gasteiger partial charge in [-0.25, -0.2) is 0 Å². The van der Waals surface area contributed by atoms with Crippen molar-refractivity contribution in [2.24, 2.45) is 4.99 Å². The van der Waals surface area contributed by atoms with Crippen LogP contribution < -0.4 is 15.5 Å². The number of ether oxygens (including phenoxy) is 2. The van der Waals surface area contributed by atoms with Gasteiger partial charge in [-0.3, -0.25) is 4.99 Å². The lowest BCUT2D eigenvalue weighted by atomic mass is 10.2. The van der Waals surface area contributed by atoms with Crippen LogP contribution in [0.5, 0.6) is 0 Å². The van der Waals surface area contributed by atoms with Crippen molar-refractivity contribution >= 4 is 11.6 Å². The van der Waals surface area contributed by atoms with E-state index in [9.17, 15) is 0 Å². The fraction of sp³-hybridized carbons (Fsp3) is 0.650. The average Bonchev–Trinajstić information content (AvgIpc) is 2.65. The SMILES string of the molecule is CCN(CCNC(=NC)NCCCCOCCOC)c1cccc(C)c1. The Hall–Kier alpha value is -1.79. The molecule has 1 aromatic carbocycles. The van der Waals surface area contributed by atoms with E-state index >= 15 is 0 Å². The third kappa shape index (κ3) is 9.63. The molecule has 0 aliphatic carbocycles. The van der Waals surface area contributed by atoms with E-state index in [1.54, 1.807) is 14.2 Å². The van der Waals surface area contributed by atoms with Crippen molar-refractivity contribution in [3.8, 4) is 0 Å². The number of hydrogen-bond donors (Lipinski definition) is 2. The Morgan fingerprint density at radius 3 is 2.62 bits per heavy atom. The number of hydrogen-bond acceptors (Lipinski definition) is 4. The molecule has 0 unspecified atom stereocenters. The van der Waals surface area contributed by atoms with Crippen molar-refractivity contribution in [1.82, 2.24) is 10.6 Å². The van der Waals surface area contributed by atoms with Crippen molar-refractivity contribution in [1.29, 1.82) is 0 Å². The third-order valence-electron chi connectivity index (χ3n) is 4.09. The van der Waals surface area contributed by atoms with Crippen LogP contribution in [0.3, 0.4) is 0 Å². The van der Waals surface area contributed by atoms with Gasteiger partial charge in [0.2, 0.25) is 0 Å². The molecule has 0 aliphatic heterocycles. The van der Waals surface area contributed by atoms with Gasteiger partial charge in [0.15, 0.2) is 5.96 Å². The topological polar surface area (TPSA) is 58.1 Å². The summed E-state index contributed by atoms with van der Waals surface area (Å²) in [6.07, 6.45) is 2.09. The maximum absolute atomic E-state index is 5.46. The second-order valence-electron chi connectivity index (χ2n) is 6.16. The van der Waals surface area contributed by atoms with Crippen molar-refractivity contribution < 1.29 is 9.47 Å². The Labute approximate surface area is 159 Å². The molecule has 0 saturated carbocycles. The summed E-state index contributed by atoms with van der Waals surface area (Å²) in [7, 11) is 3.49. The molecule has 1 rings (SSSR count). The molecule has 0 fully saturated rings. The first-order valence-corrected chi connectivity index (χ1v) is 9.54. The standard InChI is InChI=1S/C20H36N4O2/c1-5-24(19-10-8-9-18(2)17-19)13-12-23-20(21-3)22-11-6-7-14-26-16-15-25-4/h8-10,17H,5-7,11-16H2,1-4H3,(H2,21,22,23). The highest BCUT2D eigenvalue weighted by atomic mass is 16.5. The fourth-order valence-electron chi connectivity index (χ4n) is 2.60. The quantitative estimate of drug-likeness (QED) is 0.320. The average molecular weight is 365 g/mol. The number of likely N-dealkylation sites (N-methyl/N-ethyl adjacent to an activating group) is 1. The van der Waals surface area contributed by atoms with Gasteiger partial charge in [0.1, 0.15) is 0 Å². The fourth-order valence-corrected chi connectivity index (χ4v) is 2.60. The summed E-state index contributed by atoms with van der Waals surface area (Å²) in [4.78, 5) is 6.65. The molecule has 2 N–H and O–H groups in total. The van der Waals surface area contributed by atoms with Crippen molar-refractivity contribution in [2.75, 3.05) is 65.1 Å². The lowest BCUT2D eigenvalue weighted by Crippen LogP contribution is -2.42. The van der Waals surface area contributed by atoms with Gasteiger partial charge in [-0.05, 0) is 44.4 Å². The predicted octanol–water partition coefficient (Wildman–Crippen LogP) is 2.43. The van der Waals surface area contributed by atoms with Gasteiger partial charge in [-0.15, -0.1) is 0 Å². The summed E-state index contributed by atoms with van der Waals surface area (Å²) < 4.78 is 10.4. The van der Waals surface area contributed by atoms with Crippen molar-refractivity contribution in [3.05, 3.63) is 29.8 Å². The maximum atomic E-state index is 5.46. The molecule has 0 aromatic heterocycles. The molecule has 0 atom stereocenters. The molecule has 0 bridgehead atoms. The third-order valence-corrected chi connectivity index (χ3v) is 4.09. The van der Waals surface area contributed by atoms with E-state index in [0.717, 1.165) is 51.6 Å². The first-order valence-electron chi connectivity index (χ1n) is 9.54. The van der Waals surface area contributed by atoms with E-state index < -0.39 is 0 Å². The van der Waals surface area contributed by atoms with E-state index in [-0.39, 0.29) is 0 Å². The van der Waals surface area contributed by atoms with Gasteiger partial charge in [0.25, 0.3) is 0 Å². The predicted molar refractivity (Wildman–Crippen MR) is 110 cm³/mol. The molecular weight excluding hydrogens is 328 g/mol. The zero-order valence-corrected chi connectivity index (χ0v) is 16.9. The minimum Gasteiger partial charge on any atom is -0.382 e. The van der Waals surface area contributed by atoms with Crippen LogP contribution in [-0.4, -0.2) is 66.1 Å². The number of benzene rings is 1. The van der Waals surface area contributed by atoms with Crippen LogP contribution in [0.4, 0.5) is 5.69 Å². The summed E-state index contributed by atoms with van der Waals surface area (Å²) in [6, 6.07) is 8.63. The number of methoxy groups -OCH3 is 1. The lowest BCUT2D eigenvalue weighted by molar-refractivity contribution is 0.0689. The van der Waals surface area contributed by atoms with Crippen molar-refractivity contribution in [3.63, 3.8) is 0 Å². The number of aliphatic imine (C=N–C) groups is 1. The van der Waals surface area contributed by atoms with Crippen LogP contribution in [0.25, 0.3) is 0 Å². The molecule has 0 saturated heterocycles. The second-order valence-corrected chi connectivity index (χ2v) is 6.16. The Balaban J connectivity index is 2.19. The molecule has 0 aliphatic rings. The van der Waals surface area contributed by atoms with Gasteiger partial charge in [0.05, 0.1) is 13.2 Å². The van der Waals surface area contributed by atoms with Crippen LogP contribution in [-0.2, 0) is 9.47 Å². The number of aryl methyl sites for hydroxylation is 1. The van der Waals surface area contributed by atoms with E-state index in [1.807, 2.05) is 0 Å². The lowest BCUT2D eigenvalue weighted by Gasteiger charge is -2.24. The van der Waals surface area contributed by atoms with Crippen molar-refractivity contribution in [2.45, 2.75) is 26.7 Å². The molecular formula is C20H36N4O2. The first kappa shape index (κ1) is 22.3. The number of nitrogens with zero attached hydrogens (tertiary/aromatic N) is 2. The van der Waals surface area contributed by atoms with Crippen LogP contribution >= 0.6 is 0 Å². The van der Waals surface area contributed by atoms with E-state index in [1.165, 1.54) is 11.3 Å². The van der Waals surface area contributed by atoms with Gasteiger partial charge >= 0.3 is 0 Å². The minimum atomic E-state index is 0.659. The Bertz CT molecular complexity index is 508. The summed E-state index contributed by atoms with van der Waals surface area (Å²) in [6.45, 7) is 10.1. The molecule has 148 valence electrons. The van der Waals surface area contributed by atoms with Crippen LogP contribution in [0.1, 0.15) is 25.3 Å². The number of nitrogens with one attached hydrogen (secondary N) is 2. The van der Waals surface area contributed by atoms with E-state index in [0.29, 0.717) is 13.2 Å². The van der Waals surface area contributed by atoms with Gasteiger partial charge < -0.3 is 25.0 Å². The molecule has 1 aromatic rings. The highest BCUT2D eigenvalue weighted by Gasteiger charge is 2.04. The molecule has 0 radical (unpaired) electrons. The zero-order chi connectivity index (χ0) is 19.0. The summed E-state index contributed by atoms with van der Waals surface area (Å²) in [5.74, 6) is 0.852. The number of rotatable bonds is 13. The zero-order valence-electron chi connectivity index (χ0n) is 16.9. The van der Waals surface area contributed by atoms with Crippen LogP contribution in [0.2, 0.25) is 0 Å². The highest BCUT2D eigenvalue weighted by molar-refractivity contribution is 5.79. The van der Waals surface area contributed by atoms with E-state index in [2.05, 4.69) is 58.6 Å². The Morgan fingerprint density at radius 2 is 1.92 bits per heavy atom. The molecule has 6 nitrogen and oxygen atoms in total. The highest BCUT2D eigenvalue weighted by Crippen LogP contribution is 2.14. The monoisotopic (exact) mass is 364 g/mol. The maximum Gasteiger partial charge on any atom is 0.191 e. The largest absolute Gasteiger partial charge is 0.382 e. The van der Waals surface area contributed by atoms with Crippen LogP contribution in [0.15, 0.2) is 29.3 Å². The normalized spacial score (nSPS) is 11.5. The van der Waals surface area contributed by atoms with Gasteiger partial charge in [-0.1, -0.05) is 12.1 Å². The Morgan fingerprint density at radius 1 is 1.12 bits per heavy atom. The van der Waals surface area contributed by atoms with Crippen LogP contribution in [0, 0.1) is 6.92 Å². The number of anilines is 1. The molecule has 26 heavy (non-hydrogen) atoms. The smallest absolute Gasteiger partial charge is 0.191 e. The summed E-state index contributed by atoms with van der Waals surface area (Å²) >= 11 is 0. The first-order chi connectivity index (χ1) is 12.7. The van der Waals surface area contributed by atoms with Gasteiger partial charge in [0, 0.05) is 52.6 Å². The second kappa shape index (κ2) is 14.4. The number of unbranched alkanes of at least 4 members (excludes halogenated alkanes) is 1. The minimum absolute atomic E-state index is 0.659. The summed E-state index contributed by atoms with van der Waals surface area (Å²) in [5.41, 5.74) is 2.56. The van der Waals surface area contributed by atoms with Gasteiger partial charge in [-0.2, -0.15) is 0 Å². The molecule has 0 amide bonds. The molecule has 0 heterocycles. The molecule has 0 spiro atoms. The number of guanidine groups is 1. The Kier molecular flexibility index (Phi) is 12.3. The molecule has 6 heteroatoms.